The van der Waals surface area contributed by atoms with E-state index < -0.39 is 12.1 Å². The first kappa shape index (κ1) is 23.7. The standard InChI is InChI=1S/C17H25NO3.C2HF3O2/c1-2-20-17(19)11-13-4-5-15-12-16(21-9-3-8-18)7-6-14(15)10-13;3-2(4,5)1(6)7/h6-7,12-13H,2-5,8-11,18H2,1H3;(H,6,7). The molecular formula is C19H26F3NO5. The molecule has 158 valence electrons. The Balaban J connectivity index is 0.000000480. The molecule has 6 nitrogen and oxygen atoms in total. The second kappa shape index (κ2) is 11.5. The number of halogens is 3. The number of rotatable bonds is 7. The summed E-state index contributed by atoms with van der Waals surface area (Å²) >= 11 is 0. The molecule has 0 saturated carbocycles. The van der Waals surface area contributed by atoms with Crippen LogP contribution in [-0.2, 0) is 27.2 Å². The van der Waals surface area contributed by atoms with Gasteiger partial charge in [-0.15, -0.1) is 0 Å². The Bertz CT molecular complexity index is 649. The fourth-order valence-corrected chi connectivity index (χ4v) is 2.80. The Morgan fingerprint density at radius 3 is 2.54 bits per heavy atom. The van der Waals surface area contributed by atoms with Crippen LogP contribution in [0.2, 0.25) is 0 Å². The highest BCUT2D eigenvalue weighted by molar-refractivity contribution is 5.73. The largest absolute Gasteiger partial charge is 0.494 e. The minimum atomic E-state index is -5.08. The van der Waals surface area contributed by atoms with Gasteiger partial charge in [0.25, 0.3) is 0 Å². The molecule has 0 aliphatic heterocycles. The van der Waals surface area contributed by atoms with Gasteiger partial charge >= 0.3 is 18.1 Å². The number of aliphatic carboxylic acids is 1. The highest BCUT2D eigenvalue weighted by Gasteiger charge is 2.38. The molecule has 9 heteroatoms. The van der Waals surface area contributed by atoms with Crippen LogP contribution in [0.4, 0.5) is 13.2 Å². The number of benzene rings is 1. The molecule has 0 fully saturated rings. The number of ether oxygens (including phenoxy) is 2. The number of alkyl halides is 3. The molecule has 0 heterocycles. The predicted octanol–water partition coefficient (Wildman–Crippen LogP) is 3.11. The van der Waals surface area contributed by atoms with E-state index in [2.05, 4.69) is 12.1 Å². The number of esters is 1. The lowest BCUT2D eigenvalue weighted by Crippen LogP contribution is -2.21. The Morgan fingerprint density at radius 2 is 1.96 bits per heavy atom. The third-order valence-corrected chi connectivity index (χ3v) is 4.13. The van der Waals surface area contributed by atoms with Crippen LogP contribution in [0.5, 0.6) is 5.75 Å². The normalized spacial score (nSPS) is 15.7. The van der Waals surface area contributed by atoms with E-state index in [1.807, 2.05) is 13.0 Å². The molecule has 1 aromatic rings. The molecule has 1 unspecified atom stereocenters. The van der Waals surface area contributed by atoms with Gasteiger partial charge in [-0.1, -0.05) is 6.07 Å². The maximum absolute atomic E-state index is 11.6. The number of fused-ring (bicyclic) bond motifs is 1. The first-order valence-corrected chi connectivity index (χ1v) is 9.07. The van der Waals surface area contributed by atoms with Crippen LogP contribution in [-0.4, -0.2) is 43.0 Å². The lowest BCUT2D eigenvalue weighted by molar-refractivity contribution is -0.192. The molecule has 1 atom stereocenters. The molecule has 0 radical (unpaired) electrons. The van der Waals surface area contributed by atoms with Crippen molar-refractivity contribution in [3.8, 4) is 5.75 Å². The predicted molar refractivity (Wildman–Crippen MR) is 96.1 cm³/mol. The minimum absolute atomic E-state index is 0.0762. The van der Waals surface area contributed by atoms with Gasteiger partial charge in [-0.3, -0.25) is 4.79 Å². The molecule has 2 rings (SSSR count). The van der Waals surface area contributed by atoms with Gasteiger partial charge in [-0.2, -0.15) is 13.2 Å². The second-order valence-corrected chi connectivity index (χ2v) is 6.34. The SMILES string of the molecule is CCOC(=O)CC1CCc2cc(OCCCN)ccc2C1.O=C(O)C(F)(F)F. The average molecular weight is 405 g/mol. The summed E-state index contributed by atoms with van der Waals surface area (Å²) < 4.78 is 42.5. The number of hydrogen-bond donors (Lipinski definition) is 2. The van der Waals surface area contributed by atoms with Crippen molar-refractivity contribution >= 4 is 11.9 Å². The van der Waals surface area contributed by atoms with Crippen LogP contribution >= 0.6 is 0 Å². The average Bonchev–Trinajstić information content (AvgIpc) is 2.62. The molecular weight excluding hydrogens is 379 g/mol. The summed E-state index contributed by atoms with van der Waals surface area (Å²) in [5.41, 5.74) is 8.14. The van der Waals surface area contributed by atoms with E-state index >= 15 is 0 Å². The van der Waals surface area contributed by atoms with E-state index in [0.717, 1.165) is 31.4 Å². The molecule has 0 aromatic heterocycles. The summed E-state index contributed by atoms with van der Waals surface area (Å²) in [6.45, 7) is 3.63. The van der Waals surface area contributed by atoms with E-state index in [1.165, 1.54) is 11.1 Å². The van der Waals surface area contributed by atoms with E-state index in [9.17, 15) is 18.0 Å². The lowest BCUT2D eigenvalue weighted by atomic mass is 9.82. The van der Waals surface area contributed by atoms with Crippen LogP contribution < -0.4 is 10.5 Å². The summed E-state index contributed by atoms with van der Waals surface area (Å²) in [6, 6.07) is 6.28. The third kappa shape index (κ3) is 8.60. The van der Waals surface area contributed by atoms with Crippen molar-refractivity contribution < 1.29 is 37.3 Å². The van der Waals surface area contributed by atoms with Gasteiger partial charge in [0.05, 0.1) is 13.2 Å². The number of carboxylic acid groups (broad SMARTS) is 1. The summed E-state index contributed by atoms with van der Waals surface area (Å²) in [5, 5.41) is 7.12. The van der Waals surface area contributed by atoms with Gasteiger partial charge in [0.15, 0.2) is 0 Å². The first-order valence-electron chi connectivity index (χ1n) is 9.07. The Kier molecular flexibility index (Phi) is 9.78. The zero-order valence-corrected chi connectivity index (χ0v) is 15.8. The second-order valence-electron chi connectivity index (χ2n) is 6.34. The zero-order valence-electron chi connectivity index (χ0n) is 15.8. The number of hydrogen-bond acceptors (Lipinski definition) is 5. The number of carbonyl (C=O) groups is 2. The fraction of sp³-hybridized carbons (Fsp3) is 0.579. The molecule has 0 amide bonds. The van der Waals surface area contributed by atoms with Crippen molar-refractivity contribution in [1.82, 2.24) is 0 Å². The molecule has 0 spiro atoms. The lowest BCUT2D eigenvalue weighted by Gasteiger charge is -2.24. The quantitative estimate of drug-likeness (QED) is 0.534. The van der Waals surface area contributed by atoms with E-state index in [1.54, 1.807) is 0 Å². The maximum atomic E-state index is 11.6. The van der Waals surface area contributed by atoms with Crippen LogP contribution in [0.3, 0.4) is 0 Å². The number of aryl methyl sites for hydroxylation is 1. The summed E-state index contributed by atoms with van der Waals surface area (Å²) in [6.07, 6.45) is -0.677. The molecule has 1 aromatic carbocycles. The highest BCUT2D eigenvalue weighted by Crippen LogP contribution is 2.30. The molecule has 1 aliphatic carbocycles. The van der Waals surface area contributed by atoms with Crippen LogP contribution in [0.25, 0.3) is 0 Å². The van der Waals surface area contributed by atoms with E-state index in [4.69, 9.17) is 25.1 Å². The van der Waals surface area contributed by atoms with Crippen molar-refractivity contribution in [2.24, 2.45) is 11.7 Å². The van der Waals surface area contributed by atoms with Gasteiger partial charge < -0.3 is 20.3 Å². The Hall–Kier alpha value is -2.29. The fourth-order valence-electron chi connectivity index (χ4n) is 2.80. The third-order valence-electron chi connectivity index (χ3n) is 4.13. The number of nitrogens with two attached hydrogens (primary N) is 1. The van der Waals surface area contributed by atoms with Crippen LogP contribution in [0, 0.1) is 5.92 Å². The van der Waals surface area contributed by atoms with E-state index in [0.29, 0.717) is 32.1 Å². The van der Waals surface area contributed by atoms with Crippen molar-refractivity contribution in [1.29, 1.82) is 0 Å². The summed E-state index contributed by atoms with van der Waals surface area (Å²) in [5.74, 6) is -1.51. The first-order chi connectivity index (χ1) is 13.2. The van der Waals surface area contributed by atoms with Crippen molar-refractivity contribution in [3.63, 3.8) is 0 Å². The maximum Gasteiger partial charge on any atom is 0.490 e. The van der Waals surface area contributed by atoms with Gasteiger partial charge in [-0.25, -0.2) is 4.79 Å². The van der Waals surface area contributed by atoms with Crippen molar-refractivity contribution in [2.75, 3.05) is 19.8 Å². The van der Waals surface area contributed by atoms with Gasteiger partial charge in [0.2, 0.25) is 0 Å². The topological polar surface area (TPSA) is 98.9 Å². The minimum Gasteiger partial charge on any atom is -0.494 e. The molecule has 3 N–H and O–H groups in total. The molecule has 28 heavy (non-hydrogen) atoms. The van der Waals surface area contributed by atoms with Crippen LogP contribution in [0.15, 0.2) is 18.2 Å². The van der Waals surface area contributed by atoms with E-state index in [-0.39, 0.29) is 5.97 Å². The molecule has 1 aliphatic rings. The smallest absolute Gasteiger partial charge is 0.490 e. The summed E-state index contributed by atoms with van der Waals surface area (Å²) in [4.78, 5) is 20.5. The van der Waals surface area contributed by atoms with Crippen LogP contribution in [0.1, 0.15) is 37.3 Å². The Labute approximate surface area is 161 Å². The van der Waals surface area contributed by atoms with Gasteiger partial charge in [-0.05, 0) is 68.3 Å². The van der Waals surface area contributed by atoms with Crippen molar-refractivity contribution in [3.05, 3.63) is 29.3 Å². The zero-order chi connectivity index (χ0) is 21.2. The molecule has 0 bridgehead atoms. The number of carbonyl (C=O) groups excluding carboxylic acids is 1. The highest BCUT2D eigenvalue weighted by atomic mass is 19.4. The molecule has 0 saturated heterocycles. The van der Waals surface area contributed by atoms with Crippen molar-refractivity contribution in [2.45, 2.75) is 45.2 Å². The summed E-state index contributed by atoms with van der Waals surface area (Å²) in [7, 11) is 0. The van der Waals surface area contributed by atoms with Gasteiger partial charge in [0, 0.05) is 6.42 Å². The number of carboxylic acids is 1. The Morgan fingerprint density at radius 1 is 1.29 bits per heavy atom. The monoisotopic (exact) mass is 405 g/mol. The van der Waals surface area contributed by atoms with Gasteiger partial charge in [0.1, 0.15) is 5.75 Å².